The van der Waals surface area contributed by atoms with Gasteiger partial charge >= 0.3 is 0 Å². The van der Waals surface area contributed by atoms with Gasteiger partial charge in [0.25, 0.3) is 10.8 Å². The van der Waals surface area contributed by atoms with Crippen LogP contribution in [-0.4, -0.2) is 32.7 Å². The van der Waals surface area contributed by atoms with Crippen LogP contribution in [-0.2, 0) is 5.75 Å². The predicted octanol–water partition coefficient (Wildman–Crippen LogP) is 3.58. The Kier molecular flexibility index (Phi) is 6.93. The quantitative estimate of drug-likeness (QED) is 0.361. The van der Waals surface area contributed by atoms with Gasteiger partial charge in [0.2, 0.25) is 0 Å². The third kappa shape index (κ3) is 5.37. The highest BCUT2D eigenvalue weighted by atomic mass is 32.2. The zero-order valence-electron chi connectivity index (χ0n) is 15.5. The molecule has 0 aliphatic carbocycles. The minimum Gasteiger partial charge on any atom is -0.439 e. The van der Waals surface area contributed by atoms with Gasteiger partial charge in [0.15, 0.2) is 16.8 Å². The molecule has 0 radical (unpaired) electrons. The first-order chi connectivity index (χ1) is 13.9. The van der Waals surface area contributed by atoms with Crippen LogP contribution in [0.25, 0.3) is 0 Å². The van der Waals surface area contributed by atoms with Gasteiger partial charge in [-0.25, -0.2) is 18.7 Å². The lowest BCUT2D eigenvalue weighted by molar-refractivity contribution is 0.281. The monoisotopic (exact) mass is 440 g/mol. The summed E-state index contributed by atoms with van der Waals surface area (Å²) in [5, 5.41) is 12.8. The molecular weight excluding hydrogens is 422 g/mol. The van der Waals surface area contributed by atoms with Crippen molar-refractivity contribution in [3.8, 4) is 0 Å². The first-order valence-corrected chi connectivity index (χ1v) is 10.3. The van der Waals surface area contributed by atoms with E-state index in [4.69, 9.17) is 4.42 Å². The second kappa shape index (κ2) is 9.42. The van der Waals surface area contributed by atoms with Crippen molar-refractivity contribution in [1.82, 2.24) is 15.0 Å². The molecular formula is C18H18F2N4O3S2. The van der Waals surface area contributed by atoms with Gasteiger partial charge in [0.05, 0.1) is 12.3 Å². The summed E-state index contributed by atoms with van der Waals surface area (Å²) in [6.07, 6.45) is 1.46. The van der Waals surface area contributed by atoms with Gasteiger partial charge in [-0.3, -0.25) is 4.79 Å². The van der Waals surface area contributed by atoms with Crippen LogP contribution in [0.4, 0.5) is 14.6 Å². The van der Waals surface area contributed by atoms with Gasteiger partial charge in [-0.15, -0.1) is 0 Å². The second-order valence-electron chi connectivity index (χ2n) is 6.14. The predicted molar refractivity (Wildman–Crippen MR) is 106 cm³/mol. The number of thioether (sulfide) groups is 1. The van der Waals surface area contributed by atoms with Crippen LogP contribution in [0.3, 0.4) is 0 Å². The zero-order chi connectivity index (χ0) is 21.0. The maximum atomic E-state index is 13.8. The number of rotatable bonds is 8. The number of nitrogens with zero attached hydrogens (tertiary/aromatic N) is 2. The molecule has 2 aromatic heterocycles. The Morgan fingerprint density at radius 3 is 2.83 bits per heavy atom. The molecule has 0 aliphatic heterocycles. The summed E-state index contributed by atoms with van der Waals surface area (Å²) < 4.78 is 32.5. The fraction of sp³-hybridized carbons (Fsp3) is 0.278. The van der Waals surface area contributed by atoms with E-state index in [-0.39, 0.29) is 45.1 Å². The summed E-state index contributed by atoms with van der Waals surface area (Å²) >= 11 is 2.05. The molecule has 0 bridgehead atoms. The molecule has 1 aromatic carbocycles. The van der Waals surface area contributed by atoms with Crippen LogP contribution in [0.1, 0.15) is 18.2 Å². The minimum atomic E-state index is -0.934. The van der Waals surface area contributed by atoms with Crippen LogP contribution in [0.5, 0.6) is 0 Å². The van der Waals surface area contributed by atoms with Crippen molar-refractivity contribution in [1.29, 1.82) is 0 Å². The summed E-state index contributed by atoms with van der Waals surface area (Å²) in [5.41, 5.74) is 0.375. The number of aromatic amines is 1. The first kappa shape index (κ1) is 21.3. The number of aliphatic hydroxyl groups is 1. The number of hydrogen-bond acceptors (Lipinski definition) is 8. The second-order valence-corrected chi connectivity index (χ2v) is 8.06. The van der Waals surface area contributed by atoms with E-state index in [2.05, 4.69) is 20.3 Å². The zero-order valence-corrected chi connectivity index (χ0v) is 17.2. The lowest BCUT2D eigenvalue weighted by Crippen LogP contribution is -2.24. The summed E-state index contributed by atoms with van der Waals surface area (Å²) in [6, 6.07) is 3.55. The Bertz CT molecular complexity index is 1060. The first-order valence-electron chi connectivity index (χ1n) is 8.54. The van der Waals surface area contributed by atoms with Crippen molar-refractivity contribution >= 4 is 29.3 Å². The van der Waals surface area contributed by atoms with Crippen molar-refractivity contribution < 1.29 is 18.3 Å². The molecule has 0 amide bonds. The molecule has 0 aliphatic rings. The summed E-state index contributed by atoms with van der Waals surface area (Å²) in [6.45, 7) is 3.31. The number of aryl methyl sites for hydroxylation is 1. The minimum absolute atomic E-state index is 0.0763. The standard InChI is InChI=1S/C18H18F2N4O3S2/c1-9(6-25)21-15-14(29-18-22-10(2)7-27-18)16(26)24-17(23-15)28-8-11-4-3-5-12(19)13(11)20/h3-5,7,9,25H,6,8H2,1-2H3,(H2,21,23,24,26)/t9-/m1/s1. The summed E-state index contributed by atoms with van der Waals surface area (Å²) in [5.74, 6) is -1.55. The van der Waals surface area contributed by atoms with Crippen LogP contribution in [0.15, 0.2) is 48.9 Å². The Hall–Kier alpha value is -2.37. The fourth-order valence-corrected chi connectivity index (χ4v) is 3.90. The maximum Gasteiger partial charge on any atom is 0.267 e. The van der Waals surface area contributed by atoms with E-state index in [0.717, 1.165) is 29.6 Å². The molecule has 3 rings (SSSR count). The molecule has 11 heteroatoms. The third-order valence-corrected chi connectivity index (χ3v) is 5.56. The van der Waals surface area contributed by atoms with E-state index >= 15 is 0 Å². The number of H-pyrrole nitrogens is 1. The van der Waals surface area contributed by atoms with Gasteiger partial charge < -0.3 is 19.8 Å². The van der Waals surface area contributed by atoms with Gasteiger partial charge in [-0.05, 0) is 31.7 Å². The van der Waals surface area contributed by atoms with Crippen LogP contribution in [0.2, 0.25) is 0 Å². The lowest BCUT2D eigenvalue weighted by atomic mass is 10.2. The molecule has 29 heavy (non-hydrogen) atoms. The lowest BCUT2D eigenvalue weighted by Gasteiger charge is -2.15. The summed E-state index contributed by atoms with van der Waals surface area (Å²) in [4.78, 5) is 24.0. The van der Waals surface area contributed by atoms with E-state index in [0.29, 0.717) is 5.69 Å². The van der Waals surface area contributed by atoms with Crippen molar-refractivity contribution in [2.75, 3.05) is 11.9 Å². The van der Waals surface area contributed by atoms with E-state index in [1.165, 1.54) is 18.4 Å². The number of anilines is 1. The highest BCUT2D eigenvalue weighted by Gasteiger charge is 2.18. The number of nitrogens with one attached hydrogen (secondary N) is 2. The number of hydrogen-bond donors (Lipinski definition) is 3. The highest BCUT2D eigenvalue weighted by molar-refractivity contribution is 7.99. The third-order valence-electron chi connectivity index (χ3n) is 3.70. The fourth-order valence-electron chi connectivity index (χ4n) is 2.25. The molecule has 154 valence electrons. The van der Waals surface area contributed by atoms with E-state index in [9.17, 15) is 18.7 Å². The molecule has 0 saturated carbocycles. The smallest absolute Gasteiger partial charge is 0.267 e. The number of aliphatic hydroxyl groups excluding tert-OH is 1. The molecule has 3 N–H and O–H groups in total. The van der Waals surface area contributed by atoms with Gasteiger partial charge in [-0.1, -0.05) is 23.9 Å². The van der Waals surface area contributed by atoms with Crippen molar-refractivity contribution in [2.24, 2.45) is 0 Å². The van der Waals surface area contributed by atoms with Crippen LogP contribution < -0.4 is 10.9 Å². The van der Waals surface area contributed by atoms with Gasteiger partial charge in [-0.2, -0.15) is 0 Å². The number of halogens is 2. The topological polar surface area (TPSA) is 104 Å². The highest BCUT2D eigenvalue weighted by Crippen LogP contribution is 2.31. The van der Waals surface area contributed by atoms with Gasteiger partial charge in [0, 0.05) is 17.4 Å². The van der Waals surface area contributed by atoms with Crippen LogP contribution in [0, 0.1) is 18.6 Å². The van der Waals surface area contributed by atoms with Crippen molar-refractivity contribution in [3.05, 3.63) is 57.7 Å². The van der Waals surface area contributed by atoms with E-state index in [1.807, 2.05) is 0 Å². The molecule has 7 nitrogen and oxygen atoms in total. The van der Waals surface area contributed by atoms with Crippen LogP contribution >= 0.6 is 23.5 Å². The SMILES string of the molecule is Cc1coc(Sc2c(N[C@H](C)CO)nc(SCc3cccc(F)c3F)[nH]c2=O)n1. The normalized spacial score (nSPS) is 12.2. The van der Waals surface area contributed by atoms with E-state index < -0.39 is 17.2 Å². The molecule has 2 heterocycles. The number of benzene rings is 1. The van der Waals surface area contributed by atoms with Gasteiger partial charge in [0.1, 0.15) is 17.0 Å². The molecule has 0 unspecified atom stereocenters. The number of oxazole rings is 1. The summed E-state index contributed by atoms with van der Waals surface area (Å²) in [7, 11) is 0. The van der Waals surface area contributed by atoms with Crippen molar-refractivity contribution in [3.63, 3.8) is 0 Å². The molecule has 1 atom stereocenters. The maximum absolute atomic E-state index is 13.8. The average molecular weight is 440 g/mol. The Balaban J connectivity index is 1.88. The molecule has 0 fully saturated rings. The Morgan fingerprint density at radius 1 is 1.34 bits per heavy atom. The average Bonchev–Trinajstić information content (AvgIpc) is 3.10. The number of aromatic nitrogens is 3. The van der Waals surface area contributed by atoms with E-state index in [1.54, 1.807) is 13.8 Å². The molecule has 3 aromatic rings. The van der Waals surface area contributed by atoms with Crippen molar-refractivity contribution in [2.45, 2.75) is 40.9 Å². The molecule has 0 saturated heterocycles. The Labute approximate surface area is 173 Å². The molecule has 0 spiro atoms. The largest absolute Gasteiger partial charge is 0.439 e. The Morgan fingerprint density at radius 2 is 2.14 bits per heavy atom.